The minimum Gasteiger partial charge on any atom is -0.309 e. The van der Waals surface area contributed by atoms with E-state index in [2.05, 4.69) is 252 Å². The van der Waals surface area contributed by atoms with Crippen LogP contribution in [0.25, 0.3) is 92.2 Å². The van der Waals surface area contributed by atoms with Crippen molar-refractivity contribution in [2.75, 3.05) is 4.90 Å². The van der Waals surface area contributed by atoms with Crippen molar-refractivity contribution in [2.45, 2.75) is 0 Å². The molecule has 0 spiro atoms. The van der Waals surface area contributed by atoms with E-state index in [1.165, 1.54) is 80.9 Å². The maximum absolute atomic E-state index is 2.53. The Morgan fingerprint density at radius 1 is 0.333 bits per heavy atom. The van der Waals surface area contributed by atoms with Crippen molar-refractivity contribution >= 4 is 70.4 Å². The molecule has 0 N–H and O–H groups in total. The second-order valence-corrected chi connectivity index (χ2v) is 17.1. The van der Waals surface area contributed by atoms with Gasteiger partial charge < -0.3 is 9.47 Å². The first-order chi connectivity index (χ1) is 31.3. The number of para-hydroxylation sites is 2. The fourth-order valence-corrected chi connectivity index (χ4v) is 10.8. The van der Waals surface area contributed by atoms with Crippen molar-refractivity contribution < 1.29 is 0 Å². The Morgan fingerprint density at radius 3 is 1.68 bits per heavy atom. The second kappa shape index (κ2) is 15.5. The molecular weight excluding hydrogens is 781 g/mol. The van der Waals surface area contributed by atoms with Crippen LogP contribution >= 0.6 is 11.3 Å². The normalized spacial score (nSPS) is 11.5. The molecule has 0 unspecified atom stereocenters. The van der Waals surface area contributed by atoms with Crippen molar-refractivity contribution in [3.63, 3.8) is 0 Å². The summed E-state index contributed by atoms with van der Waals surface area (Å²) in [6.07, 6.45) is 0. The van der Waals surface area contributed by atoms with Crippen LogP contribution in [0.3, 0.4) is 0 Å². The van der Waals surface area contributed by atoms with Gasteiger partial charge in [0.05, 0.1) is 22.4 Å². The van der Waals surface area contributed by atoms with E-state index in [9.17, 15) is 0 Å². The Labute approximate surface area is 370 Å². The van der Waals surface area contributed by atoms with E-state index in [-0.39, 0.29) is 0 Å². The number of aromatic nitrogens is 1. The number of anilines is 3. The van der Waals surface area contributed by atoms with Crippen LogP contribution in [0.1, 0.15) is 0 Å². The maximum atomic E-state index is 2.53. The van der Waals surface area contributed by atoms with Gasteiger partial charge in [-0.1, -0.05) is 182 Å². The number of hydrogen-bond acceptors (Lipinski definition) is 2. The van der Waals surface area contributed by atoms with Crippen molar-refractivity contribution in [3.8, 4) is 50.2 Å². The largest absolute Gasteiger partial charge is 0.309 e. The monoisotopic (exact) mass is 820 g/mol. The molecule has 63 heavy (non-hydrogen) atoms. The van der Waals surface area contributed by atoms with Gasteiger partial charge in [-0.15, -0.1) is 11.3 Å². The summed E-state index contributed by atoms with van der Waals surface area (Å²) in [7, 11) is 0. The highest BCUT2D eigenvalue weighted by atomic mass is 32.1. The molecule has 2 heterocycles. The van der Waals surface area contributed by atoms with Gasteiger partial charge in [0.25, 0.3) is 0 Å². The zero-order valence-corrected chi connectivity index (χ0v) is 35.2. The van der Waals surface area contributed by atoms with Crippen LogP contribution in [0.4, 0.5) is 17.1 Å². The van der Waals surface area contributed by atoms with Crippen LogP contribution < -0.4 is 4.90 Å². The van der Waals surface area contributed by atoms with Gasteiger partial charge >= 0.3 is 0 Å². The summed E-state index contributed by atoms with van der Waals surface area (Å²) in [6, 6.07) is 88.5. The highest BCUT2D eigenvalue weighted by Gasteiger charge is 2.26. The van der Waals surface area contributed by atoms with E-state index in [0.29, 0.717) is 0 Å². The maximum Gasteiger partial charge on any atom is 0.0555 e. The third-order valence-corrected chi connectivity index (χ3v) is 13.5. The third-order valence-electron chi connectivity index (χ3n) is 12.4. The minimum absolute atomic E-state index is 1.09. The highest BCUT2D eigenvalue weighted by molar-refractivity contribution is 7.26. The summed E-state index contributed by atoms with van der Waals surface area (Å²) >= 11 is 1.86. The SMILES string of the molecule is c1ccc(-c2ccccc2-c2c(-c3ccccc3)cccc2N(c2cccc(-c3cccc4c3c3ccccc3n4-c3ccccc3)c2)c2cccc3sc4ccccc4c23)cc1. The number of nitrogens with zero attached hydrogens (tertiary/aromatic N) is 2. The van der Waals surface area contributed by atoms with E-state index in [4.69, 9.17) is 0 Å². The Kier molecular flexibility index (Phi) is 9.06. The lowest BCUT2D eigenvalue weighted by atomic mass is 9.87. The molecular formula is C60H40N2S. The standard InChI is InChI=1S/C60H40N2S/c1-4-20-41(21-5-1)46-28-10-11-29-49(46)58-47(42-22-6-2-7-23-42)32-17-35-53(58)62(55-37-19-39-57-60(55)51-31-13-15-38-56(51)63-57)45-27-16-24-43(40-45)48-33-18-36-54-59(48)50-30-12-14-34-52(50)61(54)44-25-8-3-9-26-44/h1-40H. The Morgan fingerprint density at radius 2 is 0.873 bits per heavy atom. The van der Waals surface area contributed by atoms with Gasteiger partial charge in [-0.3, -0.25) is 0 Å². The molecule has 0 radical (unpaired) electrons. The summed E-state index contributed by atoms with van der Waals surface area (Å²) in [5, 5.41) is 5.00. The molecule has 0 amide bonds. The lowest BCUT2D eigenvalue weighted by Gasteiger charge is -2.31. The van der Waals surface area contributed by atoms with Gasteiger partial charge in [-0.25, -0.2) is 0 Å². The molecule has 296 valence electrons. The minimum atomic E-state index is 1.09. The zero-order valence-electron chi connectivity index (χ0n) is 34.4. The molecule has 0 saturated carbocycles. The van der Waals surface area contributed by atoms with Crippen LogP contribution in [0.15, 0.2) is 243 Å². The summed E-state index contributed by atoms with van der Waals surface area (Å²) in [6.45, 7) is 0. The molecule has 12 aromatic rings. The van der Waals surface area contributed by atoms with E-state index < -0.39 is 0 Å². The molecule has 0 bridgehead atoms. The fourth-order valence-electron chi connectivity index (χ4n) is 9.72. The molecule has 2 nitrogen and oxygen atoms in total. The summed E-state index contributed by atoms with van der Waals surface area (Å²) in [4.78, 5) is 2.53. The average Bonchev–Trinajstić information content (AvgIpc) is 3.92. The van der Waals surface area contributed by atoms with Crippen LogP contribution in [-0.4, -0.2) is 4.57 Å². The molecule has 0 saturated heterocycles. The molecule has 10 aromatic carbocycles. The molecule has 0 aliphatic carbocycles. The van der Waals surface area contributed by atoms with Gasteiger partial charge in [-0.05, 0) is 99.6 Å². The van der Waals surface area contributed by atoms with Crippen LogP contribution in [0, 0.1) is 0 Å². The van der Waals surface area contributed by atoms with E-state index >= 15 is 0 Å². The van der Waals surface area contributed by atoms with Crippen LogP contribution in [0.5, 0.6) is 0 Å². The average molecular weight is 821 g/mol. The molecule has 2 aromatic heterocycles. The van der Waals surface area contributed by atoms with E-state index in [0.717, 1.165) is 28.3 Å². The molecule has 0 fully saturated rings. The van der Waals surface area contributed by atoms with Crippen molar-refractivity contribution in [1.29, 1.82) is 0 Å². The number of hydrogen-bond donors (Lipinski definition) is 0. The van der Waals surface area contributed by atoms with Gasteiger partial charge in [0.2, 0.25) is 0 Å². The summed E-state index contributed by atoms with van der Waals surface area (Å²) in [5.74, 6) is 0. The molecule has 12 rings (SSSR count). The van der Waals surface area contributed by atoms with Crippen molar-refractivity contribution in [3.05, 3.63) is 243 Å². The predicted octanol–water partition coefficient (Wildman–Crippen LogP) is 17.3. The Balaban J connectivity index is 1.16. The van der Waals surface area contributed by atoms with Gasteiger partial charge in [0.15, 0.2) is 0 Å². The second-order valence-electron chi connectivity index (χ2n) is 16.0. The van der Waals surface area contributed by atoms with E-state index in [1.807, 2.05) is 11.3 Å². The lowest BCUT2D eigenvalue weighted by molar-refractivity contribution is 1.18. The van der Waals surface area contributed by atoms with Crippen molar-refractivity contribution in [2.24, 2.45) is 0 Å². The lowest BCUT2D eigenvalue weighted by Crippen LogP contribution is -2.12. The first-order valence-electron chi connectivity index (χ1n) is 21.5. The summed E-state index contributed by atoms with van der Waals surface area (Å²) in [5.41, 5.74) is 16.3. The van der Waals surface area contributed by atoms with Crippen LogP contribution in [0.2, 0.25) is 0 Å². The van der Waals surface area contributed by atoms with Crippen LogP contribution in [-0.2, 0) is 0 Å². The Hall–Kier alpha value is -7.98. The molecule has 0 atom stereocenters. The highest BCUT2D eigenvalue weighted by Crippen LogP contribution is 2.51. The zero-order chi connectivity index (χ0) is 41.7. The number of rotatable bonds is 8. The molecule has 0 aliphatic heterocycles. The number of fused-ring (bicyclic) bond motifs is 6. The van der Waals surface area contributed by atoms with Gasteiger partial charge in [0.1, 0.15) is 0 Å². The van der Waals surface area contributed by atoms with E-state index in [1.54, 1.807) is 0 Å². The quantitative estimate of drug-likeness (QED) is 0.148. The van der Waals surface area contributed by atoms with Gasteiger partial charge in [-0.2, -0.15) is 0 Å². The Bertz CT molecular complexity index is 3620. The molecule has 3 heteroatoms. The number of benzene rings is 10. The van der Waals surface area contributed by atoms with Crippen molar-refractivity contribution in [1.82, 2.24) is 4.57 Å². The smallest absolute Gasteiger partial charge is 0.0555 e. The topological polar surface area (TPSA) is 8.17 Å². The van der Waals surface area contributed by atoms with Gasteiger partial charge in [0, 0.05) is 47.9 Å². The third kappa shape index (κ3) is 6.24. The first kappa shape index (κ1) is 36.8. The fraction of sp³-hybridized carbons (Fsp3) is 0. The summed E-state index contributed by atoms with van der Waals surface area (Å²) < 4.78 is 4.94. The predicted molar refractivity (Wildman–Crippen MR) is 270 cm³/mol. The number of thiophene rings is 1. The molecule has 0 aliphatic rings. The first-order valence-corrected chi connectivity index (χ1v) is 22.3.